The third-order valence-electron chi connectivity index (χ3n) is 2.16. The molecule has 0 saturated carbocycles. The quantitative estimate of drug-likeness (QED) is 0.515. The van der Waals surface area contributed by atoms with Crippen LogP contribution in [0.5, 0.6) is 0 Å². The zero-order valence-electron chi connectivity index (χ0n) is 9.74. The molecule has 5 nitrogen and oxygen atoms in total. The molecule has 0 radical (unpaired) electrons. The topological polar surface area (TPSA) is 89.3 Å². The molecule has 0 unspecified atom stereocenters. The summed E-state index contributed by atoms with van der Waals surface area (Å²) in [5.74, 6) is -0.227. The highest BCUT2D eigenvalue weighted by Crippen LogP contribution is 2.14. The summed E-state index contributed by atoms with van der Waals surface area (Å²) >= 11 is 4.77. The molecule has 0 aliphatic carbocycles. The maximum atomic E-state index is 11.6. The number of hydrogen-bond acceptors (Lipinski definition) is 4. The van der Waals surface area contributed by atoms with Gasteiger partial charge in [-0.15, -0.1) is 0 Å². The Bertz CT molecular complexity index is 374. The number of hydrogen-bond donors (Lipinski definition) is 2. The Morgan fingerprint density at radius 3 is 2.31 bits per heavy atom. The fraction of sp³-hybridized carbons (Fsp3) is 0.778. The van der Waals surface area contributed by atoms with Crippen LogP contribution < -0.4 is 11.1 Å². The van der Waals surface area contributed by atoms with Gasteiger partial charge in [-0.05, 0) is 20.3 Å². The van der Waals surface area contributed by atoms with Gasteiger partial charge in [0, 0.05) is 12.8 Å². The molecule has 3 N–H and O–H groups in total. The van der Waals surface area contributed by atoms with Crippen molar-refractivity contribution < 1.29 is 13.2 Å². The summed E-state index contributed by atoms with van der Waals surface area (Å²) < 4.78 is 21.7. The molecule has 94 valence electrons. The Labute approximate surface area is 102 Å². The summed E-state index contributed by atoms with van der Waals surface area (Å²) in [6, 6.07) is 0. The van der Waals surface area contributed by atoms with Crippen LogP contribution in [0.2, 0.25) is 0 Å². The van der Waals surface area contributed by atoms with Gasteiger partial charge in [0.2, 0.25) is 5.91 Å². The van der Waals surface area contributed by atoms with E-state index in [0.717, 1.165) is 6.26 Å². The molecule has 0 rings (SSSR count). The molecule has 0 aliphatic heterocycles. The van der Waals surface area contributed by atoms with E-state index in [4.69, 9.17) is 18.0 Å². The lowest BCUT2D eigenvalue weighted by Crippen LogP contribution is -2.45. The van der Waals surface area contributed by atoms with Crippen LogP contribution >= 0.6 is 12.2 Å². The van der Waals surface area contributed by atoms with E-state index in [0.29, 0.717) is 13.0 Å². The normalized spacial score (nSPS) is 12.2. The van der Waals surface area contributed by atoms with E-state index in [-0.39, 0.29) is 16.6 Å². The van der Waals surface area contributed by atoms with E-state index >= 15 is 0 Å². The fourth-order valence-electron chi connectivity index (χ4n) is 0.869. The SMILES string of the molecule is CC(C)(C(=O)NCCCS(C)(=O)=O)C(N)=S. The van der Waals surface area contributed by atoms with Crippen LogP contribution in [0.3, 0.4) is 0 Å². The smallest absolute Gasteiger partial charge is 0.232 e. The minimum Gasteiger partial charge on any atom is -0.392 e. The van der Waals surface area contributed by atoms with Crippen LogP contribution in [0.4, 0.5) is 0 Å². The zero-order valence-corrected chi connectivity index (χ0v) is 11.4. The van der Waals surface area contributed by atoms with Crippen molar-refractivity contribution >= 4 is 33.0 Å². The van der Waals surface area contributed by atoms with Crippen molar-refractivity contribution in [3.05, 3.63) is 0 Å². The molecule has 0 aliphatic rings. The van der Waals surface area contributed by atoms with E-state index in [1.807, 2.05) is 0 Å². The van der Waals surface area contributed by atoms with Crippen molar-refractivity contribution in [2.75, 3.05) is 18.6 Å². The summed E-state index contributed by atoms with van der Waals surface area (Å²) in [5, 5.41) is 2.61. The standard InChI is InChI=1S/C9H18N2O3S2/c1-9(2,7(10)15)8(12)11-5-4-6-16(3,13)14/h4-6H2,1-3H3,(H2,10,15)(H,11,12). The van der Waals surface area contributed by atoms with E-state index < -0.39 is 15.3 Å². The Morgan fingerprint density at radius 1 is 1.44 bits per heavy atom. The third-order valence-corrected chi connectivity index (χ3v) is 3.70. The van der Waals surface area contributed by atoms with Crippen LogP contribution in [0, 0.1) is 5.41 Å². The highest BCUT2D eigenvalue weighted by Gasteiger charge is 2.30. The number of rotatable bonds is 6. The van der Waals surface area contributed by atoms with Crippen molar-refractivity contribution in [2.45, 2.75) is 20.3 Å². The molecule has 7 heteroatoms. The predicted octanol–water partition coefficient (Wildman–Crippen LogP) is -0.150. The lowest BCUT2D eigenvalue weighted by Gasteiger charge is -2.21. The second-order valence-corrected chi connectivity index (χ2v) is 6.93. The van der Waals surface area contributed by atoms with Crippen LogP contribution in [0.15, 0.2) is 0 Å². The lowest BCUT2D eigenvalue weighted by atomic mass is 9.92. The minimum atomic E-state index is -2.98. The first-order chi connectivity index (χ1) is 7.07. The molecule has 0 aromatic heterocycles. The van der Waals surface area contributed by atoms with Gasteiger partial charge in [-0.25, -0.2) is 8.42 Å². The Hall–Kier alpha value is -0.690. The third kappa shape index (κ3) is 5.41. The van der Waals surface area contributed by atoms with Gasteiger partial charge in [-0.3, -0.25) is 4.79 Å². The van der Waals surface area contributed by atoms with Crippen LogP contribution in [-0.4, -0.2) is 37.9 Å². The van der Waals surface area contributed by atoms with Gasteiger partial charge in [0.1, 0.15) is 9.84 Å². The fourth-order valence-corrected chi connectivity index (χ4v) is 1.63. The maximum absolute atomic E-state index is 11.6. The van der Waals surface area contributed by atoms with Gasteiger partial charge in [-0.2, -0.15) is 0 Å². The molecule has 0 fully saturated rings. The molecular weight excluding hydrogens is 248 g/mol. The van der Waals surface area contributed by atoms with Crippen molar-refractivity contribution in [3.8, 4) is 0 Å². The van der Waals surface area contributed by atoms with E-state index in [9.17, 15) is 13.2 Å². The summed E-state index contributed by atoms with van der Waals surface area (Å²) in [4.78, 5) is 11.7. The Morgan fingerprint density at radius 2 is 1.94 bits per heavy atom. The summed E-state index contributed by atoms with van der Waals surface area (Å²) in [6.07, 6.45) is 1.55. The van der Waals surface area contributed by atoms with Gasteiger partial charge < -0.3 is 11.1 Å². The van der Waals surface area contributed by atoms with Gasteiger partial charge in [0.05, 0.1) is 16.2 Å². The molecule has 1 amide bonds. The second kappa shape index (κ2) is 5.58. The number of nitrogens with one attached hydrogen (secondary N) is 1. The largest absolute Gasteiger partial charge is 0.392 e. The zero-order chi connectivity index (χ0) is 13.0. The Balaban J connectivity index is 4.06. The van der Waals surface area contributed by atoms with Gasteiger partial charge in [0.25, 0.3) is 0 Å². The molecule has 0 spiro atoms. The molecule has 0 bridgehead atoms. The first kappa shape index (κ1) is 15.3. The number of thiocarbonyl (C=S) groups is 1. The van der Waals surface area contributed by atoms with Crippen LogP contribution in [0.1, 0.15) is 20.3 Å². The number of sulfone groups is 1. The highest BCUT2D eigenvalue weighted by atomic mass is 32.2. The molecule has 0 aromatic carbocycles. The average molecular weight is 266 g/mol. The number of carbonyl (C=O) groups excluding carboxylic acids is 1. The van der Waals surface area contributed by atoms with Crippen molar-refractivity contribution in [1.29, 1.82) is 0 Å². The first-order valence-corrected chi connectivity index (χ1v) is 7.30. The number of carbonyl (C=O) groups is 1. The van der Waals surface area contributed by atoms with Crippen LogP contribution in [-0.2, 0) is 14.6 Å². The highest BCUT2D eigenvalue weighted by molar-refractivity contribution is 7.90. The van der Waals surface area contributed by atoms with E-state index in [2.05, 4.69) is 5.32 Å². The maximum Gasteiger partial charge on any atom is 0.232 e. The molecular formula is C9H18N2O3S2. The average Bonchev–Trinajstić information content (AvgIpc) is 2.10. The van der Waals surface area contributed by atoms with E-state index in [1.165, 1.54) is 0 Å². The predicted molar refractivity (Wildman–Crippen MR) is 67.9 cm³/mol. The monoisotopic (exact) mass is 266 g/mol. The van der Waals surface area contributed by atoms with Crippen molar-refractivity contribution in [2.24, 2.45) is 11.1 Å². The lowest BCUT2D eigenvalue weighted by molar-refractivity contribution is -0.126. The molecule has 0 heterocycles. The summed E-state index contributed by atoms with van der Waals surface area (Å²) in [6.45, 7) is 3.56. The van der Waals surface area contributed by atoms with Crippen molar-refractivity contribution in [1.82, 2.24) is 5.32 Å². The van der Waals surface area contributed by atoms with Gasteiger partial charge in [0.15, 0.2) is 0 Å². The number of nitrogens with two attached hydrogens (primary N) is 1. The van der Waals surface area contributed by atoms with Gasteiger partial charge in [-0.1, -0.05) is 12.2 Å². The summed E-state index contributed by atoms with van der Waals surface area (Å²) in [7, 11) is -2.98. The van der Waals surface area contributed by atoms with Gasteiger partial charge >= 0.3 is 0 Å². The van der Waals surface area contributed by atoms with Crippen molar-refractivity contribution in [3.63, 3.8) is 0 Å². The molecule has 0 atom stereocenters. The molecule has 0 saturated heterocycles. The van der Waals surface area contributed by atoms with Crippen LogP contribution in [0.25, 0.3) is 0 Å². The summed E-state index contributed by atoms with van der Waals surface area (Å²) in [5.41, 5.74) is 4.52. The molecule has 0 aromatic rings. The minimum absolute atomic E-state index is 0.0563. The van der Waals surface area contributed by atoms with E-state index in [1.54, 1.807) is 13.8 Å². The number of amides is 1. The second-order valence-electron chi connectivity index (χ2n) is 4.23. The Kier molecular flexibility index (Phi) is 5.34. The first-order valence-electron chi connectivity index (χ1n) is 4.83. The molecule has 16 heavy (non-hydrogen) atoms.